The molecule has 1 aliphatic rings. The maximum absolute atomic E-state index is 12.5. The molecule has 1 aromatic carbocycles. The summed E-state index contributed by atoms with van der Waals surface area (Å²) in [5, 5.41) is 0. The number of hydrogen-bond acceptors (Lipinski definition) is 2. The largest absolute Gasteiger partial charge is 0.462 e. The number of carbonyl (C=O) groups excluding carboxylic acids is 1. The van der Waals surface area contributed by atoms with Gasteiger partial charge in [-0.25, -0.2) is 0 Å². The molecule has 1 aliphatic carbocycles. The average molecular weight is 308 g/mol. The molecule has 0 amide bonds. The maximum atomic E-state index is 12.5. The van der Waals surface area contributed by atoms with Crippen molar-refractivity contribution >= 4 is 21.7 Å². The summed E-state index contributed by atoms with van der Waals surface area (Å²) in [6.07, 6.45) is 3.19. The van der Waals surface area contributed by atoms with E-state index in [2.05, 4.69) is 20.8 Å². The molecule has 120 valence electrons. The molecule has 0 bridgehead atoms. The minimum atomic E-state index is -0.831. The number of carbonyl (C=O) groups is 1. The minimum Gasteiger partial charge on any atom is -0.462 e. The lowest BCUT2D eigenvalue weighted by atomic mass is 9.63. The molecule has 5 atom stereocenters. The Hall–Kier alpha value is -1.18. The van der Waals surface area contributed by atoms with E-state index in [0.29, 0.717) is 17.8 Å². The quantitative estimate of drug-likeness (QED) is 0.610. The van der Waals surface area contributed by atoms with Crippen LogP contribution in [0.1, 0.15) is 51.4 Å². The molecule has 1 aromatic rings. The van der Waals surface area contributed by atoms with Gasteiger partial charge in [0, 0.05) is 5.82 Å². The van der Waals surface area contributed by atoms with Crippen LogP contribution in [0.15, 0.2) is 30.3 Å². The molecule has 0 N–H and O–H groups in total. The van der Waals surface area contributed by atoms with Gasteiger partial charge < -0.3 is 4.74 Å². The van der Waals surface area contributed by atoms with Crippen molar-refractivity contribution in [3.8, 4) is 0 Å². The van der Waals surface area contributed by atoms with Crippen LogP contribution in [0.25, 0.3) is 0 Å². The molecule has 0 aromatic heterocycles. The van der Waals surface area contributed by atoms with E-state index in [1.54, 1.807) is 0 Å². The zero-order valence-electron chi connectivity index (χ0n) is 14.4. The molecule has 2 rings (SSSR count). The zero-order valence-corrected chi connectivity index (χ0v) is 14.4. The van der Waals surface area contributed by atoms with Gasteiger partial charge in [0.15, 0.2) is 0 Å². The van der Waals surface area contributed by atoms with Crippen molar-refractivity contribution in [2.24, 2.45) is 17.8 Å². The topological polar surface area (TPSA) is 26.3 Å². The van der Waals surface area contributed by atoms with Crippen molar-refractivity contribution in [2.45, 2.75) is 57.8 Å². The first-order valence-corrected chi connectivity index (χ1v) is 8.66. The third-order valence-corrected chi connectivity index (χ3v) is 5.07. The summed E-state index contributed by atoms with van der Waals surface area (Å²) in [7, 11) is 12.2. The molecular formula is C19H26B2O2. The Labute approximate surface area is 143 Å². The average Bonchev–Trinajstić information content (AvgIpc) is 2.54. The van der Waals surface area contributed by atoms with Crippen molar-refractivity contribution in [1.82, 2.24) is 0 Å². The molecule has 1 fully saturated rings. The number of ether oxygens (including phenoxy) is 1. The van der Waals surface area contributed by atoms with Crippen LogP contribution in [0, 0.1) is 17.8 Å². The van der Waals surface area contributed by atoms with Gasteiger partial charge in [-0.2, -0.15) is 0 Å². The normalized spacial score (nSPS) is 27.4. The highest BCUT2D eigenvalue weighted by molar-refractivity contribution is 6.29. The van der Waals surface area contributed by atoms with E-state index in [1.165, 1.54) is 6.42 Å². The number of hydrogen-bond donors (Lipinski definition) is 0. The first-order valence-electron chi connectivity index (χ1n) is 8.66. The van der Waals surface area contributed by atoms with Crippen LogP contribution in [0.2, 0.25) is 5.82 Å². The minimum absolute atomic E-state index is 0.0414. The van der Waals surface area contributed by atoms with Crippen molar-refractivity contribution in [3.05, 3.63) is 35.9 Å². The lowest BCUT2D eigenvalue weighted by Crippen LogP contribution is -2.37. The standard InChI is InChI=1S/C19H26B2O2/c1-12(2)15-10-9-13(3)11-16(15)23-19(22)18(21)17(20)14-7-5-4-6-8-14/h4-8,12-13,15-18H,9-11H2,1-3H3/t13-,15+,16-,17?,18?/m0/s1. The molecule has 0 saturated heterocycles. The lowest BCUT2D eigenvalue weighted by molar-refractivity contribution is -0.155. The highest BCUT2D eigenvalue weighted by atomic mass is 16.5. The van der Waals surface area contributed by atoms with E-state index >= 15 is 0 Å². The van der Waals surface area contributed by atoms with Gasteiger partial charge in [0.25, 0.3) is 5.97 Å². The van der Waals surface area contributed by atoms with Gasteiger partial charge in [0.1, 0.15) is 6.10 Å². The van der Waals surface area contributed by atoms with Gasteiger partial charge in [-0.1, -0.05) is 63.1 Å². The first kappa shape index (κ1) is 18.2. The second-order valence-electron chi connectivity index (χ2n) is 7.26. The smallest absolute Gasteiger partial charge is 0.300 e. The van der Waals surface area contributed by atoms with Gasteiger partial charge >= 0.3 is 0 Å². The first-order chi connectivity index (χ1) is 10.9. The Morgan fingerprint density at radius 3 is 2.43 bits per heavy atom. The van der Waals surface area contributed by atoms with E-state index < -0.39 is 11.6 Å². The Bertz CT molecular complexity index is 503. The highest BCUT2D eigenvalue weighted by Gasteiger charge is 2.34. The van der Waals surface area contributed by atoms with Gasteiger partial charge in [0.05, 0.1) is 15.7 Å². The van der Waals surface area contributed by atoms with Crippen LogP contribution < -0.4 is 0 Å². The van der Waals surface area contributed by atoms with Crippen LogP contribution in [-0.2, 0) is 9.53 Å². The summed E-state index contributed by atoms with van der Waals surface area (Å²) in [4.78, 5) is 12.5. The predicted molar refractivity (Wildman–Crippen MR) is 95.7 cm³/mol. The van der Waals surface area contributed by atoms with E-state index in [1.807, 2.05) is 30.3 Å². The van der Waals surface area contributed by atoms with Crippen LogP contribution in [0.5, 0.6) is 0 Å². The second-order valence-corrected chi connectivity index (χ2v) is 7.26. The molecule has 2 unspecified atom stereocenters. The van der Waals surface area contributed by atoms with Crippen molar-refractivity contribution in [1.29, 1.82) is 0 Å². The fourth-order valence-corrected chi connectivity index (χ4v) is 3.51. The Kier molecular flexibility index (Phi) is 6.38. The number of rotatable bonds is 5. The molecule has 1 saturated carbocycles. The van der Waals surface area contributed by atoms with Crippen LogP contribution >= 0.6 is 0 Å². The van der Waals surface area contributed by atoms with Gasteiger partial charge in [-0.15, -0.1) is 0 Å². The summed E-state index contributed by atoms with van der Waals surface area (Å²) >= 11 is 0. The van der Waals surface area contributed by atoms with Crippen molar-refractivity contribution in [2.75, 3.05) is 0 Å². The van der Waals surface area contributed by atoms with Crippen molar-refractivity contribution < 1.29 is 9.53 Å². The van der Waals surface area contributed by atoms with Gasteiger partial charge in [-0.3, -0.25) is 4.79 Å². The molecule has 4 radical (unpaired) electrons. The van der Waals surface area contributed by atoms with E-state index in [9.17, 15) is 4.79 Å². The Morgan fingerprint density at radius 1 is 1.17 bits per heavy atom. The molecule has 0 aliphatic heterocycles. The highest BCUT2D eigenvalue weighted by Crippen LogP contribution is 2.36. The zero-order chi connectivity index (χ0) is 17.0. The molecule has 0 heterocycles. The summed E-state index contributed by atoms with van der Waals surface area (Å²) in [6.45, 7) is 6.60. The summed E-state index contributed by atoms with van der Waals surface area (Å²) in [5.74, 6) is -0.257. The molecule has 0 spiro atoms. The van der Waals surface area contributed by atoms with E-state index in [-0.39, 0.29) is 12.1 Å². The SMILES string of the molecule is [B]C(C(=O)O[C@H]1C[C@@H](C)CC[C@@H]1C(C)C)C([B])c1ccccc1. The van der Waals surface area contributed by atoms with E-state index in [4.69, 9.17) is 20.4 Å². The monoisotopic (exact) mass is 308 g/mol. The molecule has 23 heavy (non-hydrogen) atoms. The number of esters is 1. The lowest BCUT2D eigenvalue weighted by Gasteiger charge is -2.37. The second kappa shape index (κ2) is 8.08. The van der Waals surface area contributed by atoms with Gasteiger partial charge in [-0.05, 0) is 36.4 Å². The molecule has 2 nitrogen and oxygen atoms in total. The molecular weight excluding hydrogens is 282 g/mol. The van der Waals surface area contributed by atoms with Gasteiger partial charge in [0.2, 0.25) is 0 Å². The Morgan fingerprint density at radius 2 is 1.83 bits per heavy atom. The third-order valence-electron chi connectivity index (χ3n) is 5.07. The molecule has 4 heteroatoms. The predicted octanol–water partition coefficient (Wildman–Crippen LogP) is 3.86. The van der Waals surface area contributed by atoms with Crippen molar-refractivity contribution in [3.63, 3.8) is 0 Å². The summed E-state index contributed by atoms with van der Waals surface area (Å²) in [6, 6.07) is 9.47. The number of benzene rings is 1. The third kappa shape index (κ3) is 4.65. The Balaban J connectivity index is 2.01. The van der Waals surface area contributed by atoms with Crippen LogP contribution in [0.4, 0.5) is 0 Å². The summed E-state index contributed by atoms with van der Waals surface area (Å²) in [5.41, 5.74) is 0.856. The van der Waals surface area contributed by atoms with E-state index in [0.717, 1.165) is 18.4 Å². The van der Waals surface area contributed by atoms with Crippen LogP contribution in [-0.4, -0.2) is 27.8 Å². The fourth-order valence-electron chi connectivity index (χ4n) is 3.51. The maximum Gasteiger partial charge on any atom is 0.300 e. The summed E-state index contributed by atoms with van der Waals surface area (Å²) < 4.78 is 5.80. The van der Waals surface area contributed by atoms with Crippen LogP contribution in [0.3, 0.4) is 0 Å². The fraction of sp³-hybridized carbons (Fsp3) is 0.632.